The zero-order chi connectivity index (χ0) is 25.4. The van der Waals surface area contributed by atoms with Crippen molar-refractivity contribution in [3.05, 3.63) is 87.3 Å². The van der Waals surface area contributed by atoms with E-state index in [4.69, 9.17) is 5.26 Å². The summed E-state index contributed by atoms with van der Waals surface area (Å²) < 4.78 is 54.4. The summed E-state index contributed by atoms with van der Waals surface area (Å²) in [5.74, 6) is -0.531. The molecule has 34 heavy (non-hydrogen) atoms. The molecular formula is C25H21F3N2O3S. The molecule has 0 spiro atoms. The van der Waals surface area contributed by atoms with Gasteiger partial charge in [-0.2, -0.15) is 18.4 Å². The van der Waals surface area contributed by atoms with Gasteiger partial charge in [-0.3, -0.25) is 14.2 Å². The van der Waals surface area contributed by atoms with Crippen molar-refractivity contribution >= 4 is 17.0 Å². The van der Waals surface area contributed by atoms with Crippen molar-refractivity contribution in [2.45, 2.75) is 43.7 Å². The van der Waals surface area contributed by atoms with E-state index in [1.165, 1.54) is 49.4 Å². The molecule has 3 rings (SSSR count). The monoisotopic (exact) mass is 486 g/mol. The van der Waals surface area contributed by atoms with Gasteiger partial charge < -0.3 is 4.55 Å². The number of benzene rings is 2. The molecule has 0 aliphatic carbocycles. The number of halogens is 3. The van der Waals surface area contributed by atoms with Gasteiger partial charge in [0.2, 0.25) is 0 Å². The first-order chi connectivity index (χ1) is 15.8. The molecule has 1 atom stereocenters. The fourth-order valence-electron chi connectivity index (χ4n) is 3.35. The Morgan fingerprint density at radius 2 is 1.68 bits per heavy atom. The first-order valence-corrected chi connectivity index (χ1v) is 11.3. The van der Waals surface area contributed by atoms with E-state index < -0.39 is 39.7 Å². The van der Waals surface area contributed by atoms with Gasteiger partial charge in [0.15, 0.2) is 15.6 Å². The summed E-state index contributed by atoms with van der Waals surface area (Å²) in [6, 6.07) is 13.3. The van der Waals surface area contributed by atoms with Crippen molar-refractivity contribution < 1.29 is 22.5 Å². The topological polar surface area (TPSA) is 85.9 Å². The van der Waals surface area contributed by atoms with E-state index >= 15 is 0 Å². The Morgan fingerprint density at radius 1 is 1.06 bits per heavy atom. The normalized spacial score (nSPS) is 12.8. The number of carbonyl (C=O) groups excluding carboxylic acids is 1. The maximum atomic E-state index is 13.4. The van der Waals surface area contributed by atoms with Gasteiger partial charge in [0, 0.05) is 28.3 Å². The van der Waals surface area contributed by atoms with Gasteiger partial charge in [-0.05, 0) is 49.4 Å². The lowest BCUT2D eigenvalue weighted by Gasteiger charge is -2.21. The largest absolute Gasteiger partial charge is 0.606 e. The van der Waals surface area contributed by atoms with Crippen LogP contribution in [-0.4, -0.2) is 14.9 Å². The SMILES string of the molecule is Cc1c([S+]([O-])c2ccc(C#N)cc2)cc(C(=O)C(C)(C)C)c(=O)n1-c1cccc(C(F)(F)F)c1. The second-order valence-electron chi connectivity index (χ2n) is 8.68. The minimum absolute atomic E-state index is 0.0982. The van der Waals surface area contributed by atoms with Crippen LogP contribution < -0.4 is 5.56 Å². The second-order valence-corrected chi connectivity index (χ2v) is 10.1. The number of alkyl halides is 3. The van der Waals surface area contributed by atoms with Gasteiger partial charge in [0.1, 0.15) is 0 Å². The van der Waals surface area contributed by atoms with E-state index in [2.05, 4.69) is 0 Å². The molecular weight excluding hydrogens is 465 g/mol. The van der Waals surface area contributed by atoms with Crippen LogP contribution in [0, 0.1) is 23.7 Å². The fourth-order valence-corrected chi connectivity index (χ4v) is 4.57. The number of carbonyl (C=O) groups is 1. The highest BCUT2D eigenvalue weighted by Gasteiger charge is 2.33. The van der Waals surface area contributed by atoms with Crippen molar-refractivity contribution in [1.29, 1.82) is 5.26 Å². The van der Waals surface area contributed by atoms with E-state index in [1.807, 2.05) is 6.07 Å². The number of hydrogen-bond donors (Lipinski definition) is 0. The summed E-state index contributed by atoms with van der Waals surface area (Å²) in [6.45, 7) is 6.30. The highest BCUT2D eigenvalue weighted by atomic mass is 32.2. The van der Waals surface area contributed by atoms with Crippen LogP contribution in [0.25, 0.3) is 5.69 Å². The van der Waals surface area contributed by atoms with Crippen LogP contribution in [0.5, 0.6) is 0 Å². The van der Waals surface area contributed by atoms with E-state index in [9.17, 15) is 27.3 Å². The van der Waals surface area contributed by atoms with Crippen molar-refractivity contribution in [3.63, 3.8) is 0 Å². The number of nitriles is 1. The first kappa shape index (κ1) is 25.3. The van der Waals surface area contributed by atoms with Crippen LogP contribution in [0.15, 0.2) is 69.2 Å². The highest BCUT2D eigenvalue weighted by Crippen LogP contribution is 2.32. The molecule has 2 aromatic carbocycles. The third-order valence-electron chi connectivity index (χ3n) is 5.16. The van der Waals surface area contributed by atoms with Gasteiger partial charge in [-0.25, -0.2) is 0 Å². The predicted molar refractivity (Wildman–Crippen MR) is 121 cm³/mol. The number of nitrogens with zero attached hydrogens (tertiary/aromatic N) is 2. The van der Waals surface area contributed by atoms with Crippen LogP contribution in [0.3, 0.4) is 0 Å². The zero-order valence-electron chi connectivity index (χ0n) is 18.9. The molecule has 0 aliphatic heterocycles. The lowest BCUT2D eigenvalue weighted by Crippen LogP contribution is -2.33. The minimum atomic E-state index is -4.64. The molecule has 0 aliphatic rings. The van der Waals surface area contributed by atoms with Gasteiger partial charge in [-0.1, -0.05) is 26.8 Å². The molecule has 9 heteroatoms. The number of ketones is 1. The Kier molecular flexibility index (Phi) is 6.78. The third kappa shape index (κ3) is 4.93. The van der Waals surface area contributed by atoms with E-state index in [0.717, 1.165) is 16.7 Å². The molecule has 3 aromatic rings. The lowest BCUT2D eigenvalue weighted by atomic mass is 9.87. The molecule has 1 heterocycles. The van der Waals surface area contributed by atoms with Crippen molar-refractivity contribution in [3.8, 4) is 11.8 Å². The fraction of sp³-hybridized carbons (Fsp3) is 0.240. The molecule has 176 valence electrons. The Labute approximate surface area is 197 Å². The van der Waals surface area contributed by atoms with E-state index in [0.29, 0.717) is 10.5 Å². The van der Waals surface area contributed by atoms with E-state index in [-0.39, 0.29) is 21.8 Å². The Hall–Kier alpha value is -3.35. The minimum Gasteiger partial charge on any atom is -0.606 e. The maximum absolute atomic E-state index is 13.4. The molecule has 0 N–H and O–H groups in total. The smallest absolute Gasteiger partial charge is 0.416 e. The Balaban J connectivity index is 2.32. The summed E-state index contributed by atoms with van der Waals surface area (Å²) >= 11 is -1.88. The molecule has 0 fully saturated rings. The van der Waals surface area contributed by atoms with Crippen molar-refractivity contribution in [1.82, 2.24) is 4.57 Å². The first-order valence-electron chi connectivity index (χ1n) is 10.2. The van der Waals surface area contributed by atoms with Gasteiger partial charge in [0.25, 0.3) is 5.56 Å². The number of Topliss-reactive ketones (excluding diaryl/α,β-unsaturated/α-hetero) is 1. The third-order valence-corrected chi connectivity index (χ3v) is 6.67. The lowest BCUT2D eigenvalue weighted by molar-refractivity contribution is -0.137. The van der Waals surface area contributed by atoms with Crippen LogP contribution in [0.1, 0.15) is 48.0 Å². The average Bonchev–Trinajstić information content (AvgIpc) is 2.77. The number of pyridine rings is 1. The number of aromatic nitrogens is 1. The summed E-state index contributed by atoms with van der Waals surface area (Å²) in [4.78, 5) is 26.9. The van der Waals surface area contributed by atoms with Gasteiger partial charge >= 0.3 is 6.18 Å². The molecule has 1 aromatic heterocycles. The van der Waals surface area contributed by atoms with Gasteiger partial charge in [0.05, 0.1) is 28.5 Å². The Bertz CT molecular complexity index is 1350. The molecule has 0 saturated heterocycles. The summed E-state index contributed by atoms with van der Waals surface area (Å²) in [5, 5.41) is 8.99. The predicted octanol–water partition coefficient (Wildman–Crippen LogP) is 5.43. The molecule has 0 amide bonds. The van der Waals surface area contributed by atoms with Crippen LogP contribution in [0.4, 0.5) is 13.2 Å². The highest BCUT2D eigenvalue weighted by molar-refractivity contribution is 7.91. The van der Waals surface area contributed by atoms with Gasteiger partial charge in [-0.15, -0.1) is 0 Å². The molecule has 5 nitrogen and oxygen atoms in total. The van der Waals surface area contributed by atoms with E-state index in [1.54, 1.807) is 20.8 Å². The molecule has 0 bridgehead atoms. The molecule has 0 saturated carbocycles. The molecule has 1 unspecified atom stereocenters. The summed E-state index contributed by atoms with van der Waals surface area (Å²) in [6.07, 6.45) is -4.64. The second kappa shape index (κ2) is 9.12. The average molecular weight is 487 g/mol. The maximum Gasteiger partial charge on any atom is 0.416 e. The molecule has 0 radical (unpaired) electrons. The summed E-state index contributed by atoms with van der Waals surface area (Å²) in [5.41, 5.74) is -2.59. The summed E-state index contributed by atoms with van der Waals surface area (Å²) in [7, 11) is 0. The van der Waals surface area contributed by atoms with Crippen LogP contribution >= 0.6 is 0 Å². The van der Waals surface area contributed by atoms with Crippen molar-refractivity contribution in [2.75, 3.05) is 0 Å². The van der Waals surface area contributed by atoms with Crippen LogP contribution in [-0.2, 0) is 17.4 Å². The quantitative estimate of drug-likeness (QED) is 0.363. The van der Waals surface area contributed by atoms with Crippen LogP contribution in [0.2, 0.25) is 0 Å². The number of hydrogen-bond acceptors (Lipinski definition) is 4. The Morgan fingerprint density at radius 3 is 2.21 bits per heavy atom. The number of rotatable bonds is 4. The van der Waals surface area contributed by atoms with Crippen molar-refractivity contribution in [2.24, 2.45) is 5.41 Å². The zero-order valence-corrected chi connectivity index (χ0v) is 19.7. The standard InChI is InChI=1S/C25H21F3N2O3S/c1-15-21(34(33)19-10-8-16(14-29)9-11-19)13-20(22(31)24(2,3)4)23(32)30(15)18-7-5-6-17(12-18)25(26,27)28/h5-13H,1-4H3.